The van der Waals surface area contributed by atoms with Gasteiger partial charge in [0.05, 0.1) is 25.6 Å². The molecule has 164 valence electrons. The molecular formula is C23H21N9O. The van der Waals surface area contributed by atoms with Gasteiger partial charge in [-0.05, 0) is 6.07 Å². The zero-order valence-electron chi connectivity index (χ0n) is 17.7. The summed E-state index contributed by atoms with van der Waals surface area (Å²) < 4.78 is 7.37. The number of rotatable bonds is 5. The predicted octanol–water partition coefficient (Wildman–Crippen LogP) is 2.95. The van der Waals surface area contributed by atoms with E-state index in [9.17, 15) is 0 Å². The van der Waals surface area contributed by atoms with Crippen LogP contribution in [0.2, 0.25) is 0 Å². The van der Waals surface area contributed by atoms with E-state index in [0.717, 1.165) is 35.4 Å². The Bertz CT molecular complexity index is 1430. The second kappa shape index (κ2) is 8.32. The van der Waals surface area contributed by atoms with Crippen LogP contribution in [-0.4, -0.2) is 62.1 Å². The van der Waals surface area contributed by atoms with Crippen LogP contribution in [0.25, 0.3) is 27.9 Å². The number of hydrazone groups is 1. The normalized spacial score (nSPS) is 14.5. The van der Waals surface area contributed by atoms with Crippen LogP contribution < -0.4 is 10.3 Å². The van der Waals surface area contributed by atoms with Gasteiger partial charge < -0.3 is 14.6 Å². The fourth-order valence-electron chi connectivity index (χ4n) is 3.96. The maximum absolute atomic E-state index is 5.53. The van der Waals surface area contributed by atoms with E-state index < -0.39 is 0 Å². The van der Waals surface area contributed by atoms with Crippen LogP contribution in [0.5, 0.6) is 0 Å². The minimum absolute atomic E-state index is 0.630. The molecule has 6 rings (SSSR count). The number of aromatic nitrogens is 6. The smallest absolute Gasteiger partial charge is 0.160 e. The molecule has 33 heavy (non-hydrogen) atoms. The fourth-order valence-corrected chi connectivity index (χ4v) is 3.96. The van der Waals surface area contributed by atoms with Crippen molar-refractivity contribution in [3.8, 4) is 11.4 Å². The Balaban J connectivity index is 1.36. The Hall–Kier alpha value is -4.31. The molecule has 0 saturated carbocycles. The molecule has 0 amide bonds. The van der Waals surface area contributed by atoms with Gasteiger partial charge in [0.25, 0.3) is 0 Å². The molecule has 5 heterocycles. The number of fused-ring (bicyclic) bond motifs is 2. The number of aromatic amines is 1. The monoisotopic (exact) mass is 439 g/mol. The van der Waals surface area contributed by atoms with Crippen LogP contribution in [0.15, 0.2) is 66.3 Å². The van der Waals surface area contributed by atoms with Gasteiger partial charge >= 0.3 is 0 Å². The number of ether oxygens (including phenoxy) is 1. The zero-order chi connectivity index (χ0) is 22.0. The van der Waals surface area contributed by atoms with Crippen LogP contribution in [0, 0.1) is 0 Å². The van der Waals surface area contributed by atoms with Crippen molar-refractivity contribution in [1.82, 2.24) is 29.5 Å². The second-order valence-electron chi connectivity index (χ2n) is 7.65. The van der Waals surface area contributed by atoms with Crippen molar-refractivity contribution in [3.05, 3.63) is 66.7 Å². The van der Waals surface area contributed by atoms with E-state index in [1.165, 1.54) is 0 Å². The molecule has 1 saturated heterocycles. The Morgan fingerprint density at radius 2 is 2.00 bits per heavy atom. The molecule has 4 aromatic heterocycles. The third-order valence-electron chi connectivity index (χ3n) is 5.57. The predicted molar refractivity (Wildman–Crippen MR) is 127 cm³/mol. The summed E-state index contributed by atoms with van der Waals surface area (Å²) in [5, 5.41) is 10.3. The van der Waals surface area contributed by atoms with Gasteiger partial charge in [-0.25, -0.2) is 4.98 Å². The molecule has 1 aliphatic heterocycles. The highest BCUT2D eigenvalue weighted by molar-refractivity contribution is 5.99. The van der Waals surface area contributed by atoms with E-state index in [1.807, 2.05) is 41.0 Å². The molecule has 0 radical (unpaired) electrons. The zero-order valence-corrected chi connectivity index (χ0v) is 17.7. The number of hydrogen-bond donors (Lipinski definition) is 2. The van der Waals surface area contributed by atoms with E-state index in [-0.39, 0.29) is 0 Å². The summed E-state index contributed by atoms with van der Waals surface area (Å²) in [5.74, 6) is 1.55. The lowest BCUT2D eigenvalue weighted by molar-refractivity contribution is 0.122. The second-order valence-corrected chi connectivity index (χ2v) is 7.65. The van der Waals surface area contributed by atoms with Crippen molar-refractivity contribution in [2.45, 2.75) is 0 Å². The first-order valence-corrected chi connectivity index (χ1v) is 10.7. The molecule has 0 atom stereocenters. The van der Waals surface area contributed by atoms with Gasteiger partial charge in [0.1, 0.15) is 17.2 Å². The summed E-state index contributed by atoms with van der Waals surface area (Å²) in [6.07, 6.45) is 8.73. The first-order chi connectivity index (χ1) is 16.3. The molecule has 0 aliphatic carbocycles. The molecule has 10 nitrogen and oxygen atoms in total. The van der Waals surface area contributed by atoms with Crippen LogP contribution in [0.1, 0.15) is 5.56 Å². The standard InChI is InChI=1S/C23H21N9O/c1-2-4-18-17(3-1)16(13-26-18)14-27-29-21-12-23(31-7-9-33-10-8-31)32-22(28-21)11-19(30-32)20-15-24-5-6-25-20/h1-6,11-15,26H,7-10H2,(H,28,29)/b27-14+. The number of benzene rings is 1. The summed E-state index contributed by atoms with van der Waals surface area (Å²) in [6.45, 7) is 2.89. The Labute approximate surface area is 189 Å². The number of H-pyrrole nitrogens is 1. The van der Waals surface area contributed by atoms with Crippen LogP contribution >= 0.6 is 0 Å². The van der Waals surface area contributed by atoms with Crippen LogP contribution in [0.3, 0.4) is 0 Å². The molecule has 5 aromatic rings. The summed E-state index contributed by atoms with van der Waals surface area (Å²) in [7, 11) is 0. The number of hydrogen-bond acceptors (Lipinski definition) is 8. The molecule has 1 aliphatic rings. The Morgan fingerprint density at radius 3 is 2.88 bits per heavy atom. The SMILES string of the molecule is C(=N\Nc1cc(N2CCOCC2)n2nc(-c3cnccn3)cc2n1)/c1c[nH]c2ccccc12. The molecule has 0 spiro atoms. The summed E-state index contributed by atoms with van der Waals surface area (Å²) >= 11 is 0. The highest BCUT2D eigenvalue weighted by Gasteiger charge is 2.18. The summed E-state index contributed by atoms with van der Waals surface area (Å²) in [4.78, 5) is 18.7. The van der Waals surface area contributed by atoms with Gasteiger partial charge in [-0.15, -0.1) is 0 Å². The van der Waals surface area contributed by atoms with Crippen molar-refractivity contribution in [3.63, 3.8) is 0 Å². The molecule has 10 heteroatoms. The minimum atomic E-state index is 0.630. The number of nitrogens with one attached hydrogen (secondary N) is 2. The van der Waals surface area contributed by atoms with Crippen LogP contribution in [-0.2, 0) is 4.74 Å². The van der Waals surface area contributed by atoms with Crippen molar-refractivity contribution >= 4 is 34.4 Å². The third-order valence-corrected chi connectivity index (χ3v) is 5.57. The maximum Gasteiger partial charge on any atom is 0.160 e. The van der Waals surface area contributed by atoms with Crippen molar-refractivity contribution in [2.75, 3.05) is 36.6 Å². The number of para-hydroxylation sites is 1. The largest absolute Gasteiger partial charge is 0.378 e. The number of nitrogens with zero attached hydrogens (tertiary/aromatic N) is 7. The lowest BCUT2D eigenvalue weighted by atomic mass is 10.2. The average molecular weight is 439 g/mol. The van der Waals surface area contributed by atoms with E-state index in [2.05, 4.69) is 36.4 Å². The lowest BCUT2D eigenvalue weighted by Gasteiger charge is -2.29. The molecule has 2 N–H and O–H groups in total. The van der Waals surface area contributed by atoms with Gasteiger partial charge in [0.15, 0.2) is 11.5 Å². The average Bonchev–Trinajstić information content (AvgIpc) is 3.49. The van der Waals surface area contributed by atoms with Crippen molar-refractivity contribution in [2.24, 2.45) is 5.10 Å². The van der Waals surface area contributed by atoms with Gasteiger partial charge in [-0.3, -0.25) is 15.4 Å². The van der Waals surface area contributed by atoms with Gasteiger partial charge in [-0.1, -0.05) is 18.2 Å². The maximum atomic E-state index is 5.53. The first-order valence-electron chi connectivity index (χ1n) is 10.7. The van der Waals surface area contributed by atoms with E-state index in [4.69, 9.17) is 14.8 Å². The highest BCUT2D eigenvalue weighted by Crippen LogP contribution is 2.25. The van der Waals surface area contributed by atoms with Gasteiger partial charge in [0.2, 0.25) is 0 Å². The van der Waals surface area contributed by atoms with Crippen molar-refractivity contribution in [1.29, 1.82) is 0 Å². The molecule has 0 unspecified atom stereocenters. The Kier molecular flexibility index (Phi) is 4.89. The van der Waals surface area contributed by atoms with Gasteiger partial charge in [-0.2, -0.15) is 14.7 Å². The van der Waals surface area contributed by atoms with Gasteiger partial charge in [0, 0.05) is 60.3 Å². The van der Waals surface area contributed by atoms with E-state index >= 15 is 0 Å². The van der Waals surface area contributed by atoms with E-state index in [0.29, 0.717) is 36.1 Å². The quantitative estimate of drug-likeness (QED) is 0.320. The summed E-state index contributed by atoms with van der Waals surface area (Å²) in [6, 6.07) is 12.0. The molecule has 1 aromatic carbocycles. The Morgan fingerprint density at radius 1 is 1.09 bits per heavy atom. The van der Waals surface area contributed by atoms with Crippen molar-refractivity contribution < 1.29 is 4.74 Å². The molecule has 1 fully saturated rings. The van der Waals surface area contributed by atoms with E-state index in [1.54, 1.807) is 24.8 Å². The number of morpholine rings is 1. The summed E-state index contributed by atoms with van der Waals surface area (Å²) in [5.41, 5.74) is 7.27. The van der Waals surface area contributed by atoms with Crippen LogP contribution in [0.4, 0.5) is 11.6 Å². The first kappa shape index (κ1) is 19.4. The molecular weight excluding hydrogens is 418 g/mol. The fraction of sp³-hybridized carbons (Fsp3) is 0.174. The lowest BCUT2D eigenvalue weighted by Crippen LogP contribution is -2.37. The topological polar surface area (TPSA) is 109 Å². The molecule has 0 bridgehead atoms. The highest BCUT2D eigenvalue weighted by atomic mass is 16.5. The number of anilines is 2. The minimum Gasteiger partial charge on any atom is -0.378 e. The third kappa shape index (κ3) is 3.76.